The highest BCUT2D eigenvalue weighted by Crippen LogP contribution is 2.50. The largest absolute Gasteiger partial charge is 0.400 e. The third-order valence-corrected chi connectivity index (χ3v) is 7.09. The second-order valence-corrected chi connectivity index (χ2v) is 9.49. The van der Waals surface area contributed by atoms with Gasteiger partial charge in [0.1, 0.15) is 5.41 Å². The van der Waals surface area contributed by atoms with Gasteiger partial charge in [-0.1, -0.05) is 53.5 Å². The first kappa shape index (κ1) is 24.6. The molecule has 4 nitrogen and oxygen atoms in total. The molecule has 1 heterocycles. The number of anilines is 1. The molecule has 1 saturated heterocycles. The molecule has 0 bridgehead atoms. The fourth-order valence-corrected chi connectivity index (χ4v) is 5.25. The van der Waals surface area contributed by atoms with Crippen LogP contribution in [0, 0.1) is 10.1 Å². The normalized spacial score (nSPS) is 19.3. The molecule has 0 saturated carbocycles. The van der Waals surface area contributed by atoms with Crippen LogP contribution in [0.4, 0.5) is 24.5 Å². The van der Waals surface area contributed by atoms with E-state index in [0.717, 1.165) is 0 Å². The summed E-state index contributed by atoms with van der Waals surface area (Å²) < 4.78 is 43.1. The van der Waals surface area contributed by atoms with Crippen molar-refractivity contribution in [2.75, 3.05) is 18.0 Å². The van der Waals surface area contributed by atoms with Crippen LogP contribution in [0.3, 0.4) is 0 Å². The summed E-state index contributed by atoms with van der Waals surface area (Å²) in [4.78, 5) is 12.7. The van der Waals surface area contributed by atoms with E-state index in [1.165, 1.54) is 35.2 Å². The minimum atomic E-state index is -4.59. The molecule has 0 aromatic heterocycles. The summed E-state index contributed by atoms with van der Waals surface area (Å²) in [5, 5.41) is 11.3. The Morgan fingerprint density at radius 1 is 1.00 bits per heavy atom. The Morgan fingerprint density at radius 3 is 2.24 bits per heavy atom. The Balaban J connectivity index is 1.71. The van der Waals surface area contributed by atoms with Gasteiger partial charge in [0, 0.05) is 34.9 Å². The number of alkyl halides is 4. The minimum Gasteiger partial charge on any atom is -0.370 e. The SMILES string of the molecule is O=[N+]([O-])c1cc(N2CCC(c3cc(Cl)cc(Cl)c3)(C(F)(F)F)C2)ccc1C(Cl)c1ccccc1. The van der Waals surface area contributed by atoms with Gasteiger partial charge < -0.3 is 4.90 Å². The molecule has 0 aliphatic carbocycles. The number of nitro benzene ring substituents is 1. The maximum atomic E-state index is 14.4. The summed E-state index contributed by atoms with van der Waals surface area (Å²) in [7, 11) is 0. The van der Waals surface area contributed by atoms with E-state index in [4.69, 9.17) is 34.8 Å². The van der Waals surface area contributed by atoms with Gasteiger partial charge >= 0.3 is 6.18 Å². The zero-order chi connectivity index (χ0) is 24.7. The van der Waals surface area contributed by atoms with Gasteiger partial charge in [-0.05, 0) is 47.9 Å². The van der Waals surface area contributed by atoms with Gasteiger partial charge in [-0.25, -0.2) is 0 Å². The number of rotatable bonds is 5. The molecule has 10 heteroatoms. The van der Waals surface area contributed by atoms with E-state index in [1.807, 2.05) is 0 Å². The van der Waals surface area contributed by atoms with Gasteiger partial charge in [0.2, 0.25) is 0 Å². The molecular formula is C24H18Cl3F3N2O2. The molecule has 4 rings (SSSR count). The molecule has 0 N–H and O–H groups in total. The van der Waals surface area contributed by atoms with Crippen molar-refractivity contribution in [3.05, 3.63) is 104 Å². The van der Waals surface area contributed by atoms with Crippen LogP contribution in [-0.4, -0.2) is 24.2 Å². The minimum absolute atomic E-state index is 0.0315. The molecule has 1 aliphatic rings. The van der Waals surface area contributed by atoms with Crippen LogP contribution >= 0.6 is 34.8 Å². The molecule has 0 spiro atoms. The molecular weight excluding hydrogens is 512 g/mol. The maximum Gasteiger partial charge on any atom is 0.400 e. The van der Waals surface area contributed by atoms with Crippen LogP contribution in [-0.2, 0) is 5.41 Å². The third-order valence-electron chi connectivity index (χ3n) is 6.17. The fraction of sp³-hybridized carbons (Fsp3) is 0.250. The van der Waals surface area contributed by atoms with E-state index in [1.54, 1.807) is 36.4 Å². The Hall–Kier alpha value is -2.48. The van der Waals surface area contributed by atoms with Crippen molar-refractivity contribution in [3.63, 3.8) is 0 Å². The van der Waals surface area contributed by atoms with E-state index in [2.05, 4.69) is 0 Å². The van der Waals surface area contributed by atoms with Crippen molar-refractivity contribution in [2.45, 2.75) is 23.4 Å². The van der Waals surface area contributed by atoms with Crippen molar-refractivity contribution < 1.29 is 18.1 Å². The van der Waals surface area contributed by atoms with Crippen molar-refractivity contribution in [1.82, 2.24) is 0 Å². The van der Waals surface area contributed by atoms with Crippen LogP contribution in [0.15, 0.2) is 66.7 Å². The van der Waals surface area contributed by atoms with Gasteiger partial charge in [-0.15, -0.1) is 11.6 Å². The smallest absolute Gasteiger partial charge is 0.370 e. The lowest BCUT2D eigenvalue weighted by atomic mass is 9.79. The molecule has 0 amide bonds. The summed E-state index contributed by atoms with van der Waals surface area (Å²) in [6, 6.07) is 17.1. The van der Waals surface area contributed by atoms with Crippen molar-refractivity contribution in [3.8, 4) is 0 Å². The van der Waals surface area contributed by atoms with Gasteiger partial charge in [0.05, 0.1) is 15.9 Å². The number of nitrogens with zero attached hydrogens (tertiary/aromatic N) is 2. The highest BCUT2D eigenvalue weighted by Gasteiger charge is 2.59. The zero-order valence-electron chi connectivity index (χ0n) is 17.5. The monoisotopic (exact) mass is 528 g/mol. The summed E-state index contributed by atoms with van der Waals surface area (Å²) >= 11 is 18.5. The highest BCUT2D eigenvalue weighted by molar-refractivity contribution is 6.34. The van der Waals surface area contributed by atoms with Crippen molar-refractivity contribution in [1.29, 1.82) is 0 Å². The number of hydrogen-bond donors (Lipinski definition) is 0. The van der Waals surface area contributed by atoms with Crippen molar-refractivity contribution >= 4 is 46.2 Å². The predicted molar refractivity (Wildman–Crippen MR) is 128 cm³/mol. The second-order valence-electron chi connectivity index (χ2n) is 8.18. The molecule has 1 fully saturated rings. The summed E-state index contributed by atoms with van der Waals surface area (Å²) in [6.07, 6.45) is -4.83. The summed E-state index contributed by atoms with van der Waals surface area (Å²) in [5.74, 6) is 0. The average molecular weight is 530 g/mol. The molecule has 3 aromatic carbocycles. The summed E-state index contributed by atoms with van der Waals surface area (Å²) in [6.45, 7) is -0.379. The third kappa shape index (κ3) is 4.57. The maximum absolute atomic E-state index is 14.4. The predicted octanol–water partition coefficient (Wildman–Crippen LogP) is 7.94. The van der Waals surface area contributed by atoms with Crippen LogP contribution < -0.4 is 4.90 Å². The lowest BCUT2D eigenvalue weighted by molar-refractivity contribution is -0.385. The Morgan fingerprint density at radius 2 is 1.65 bits per heavy atom. The first-order chi connectivity index (χ1) is 16.0. The van der Waals surface area contributed by atoms with Gasteiger partial charge in [0.15, 0.2) is 0 Å². The Kier molecular flexibility index (Phi) is 6.73. The first-order valence-electron chi connectivity index (χ1n) is 10.3. The highest BCUT2D eigenvalue weighted by atomic mass is 35.5. The summed E-state index contributed by atoms with van der Waals surface area (Å²) in [5.41, 5.74) is -1.24. The van der Waals surface area contributed by atoms with Gasteiger partial charge in [-0.2, -0.15) is 13.2 Å². The van der Waals surface area contributed by atoms with E-state index in [-0.39, 0.29) is 39.8 Å². The van der Waals surface area contributed by atoms with Crippen molar-refractivity contribution in [2.24, 2.45) is 0 Å². The second kappa shape index (κ2) is 9.29. The molecule has 1 aliphatic heterocycles. The van der Waals surface area contributed by atoms with E-state index in [9.17, 15) is 23.3 Å². The standard InChI is InChI=1S/C24H18Cl3F3N2O2/c25-17-10-16(11-18(26)12-17)23(24(28,29)30)8-9-31(14-23)19-6-7-20(21(13-19)32(33)34)22(27)15-4-2-1-3-5-15/h1-7,10-13,22H,8-9,14H2. The van der Waals surface area contributed by atoms with Crippen LogP contribution in [0.2, 0.25) is 10.0 Å². The van der Waals surface area contributed by atoms with E-state index >= 15 is 0 Å². The number of benzene rings is 3. The lowest BCUT2D eigenvalue weighted by Crippen LogP contribution is -2.44. The van der Waals surface area contributed by atoms with E-state index in [0.29, 0.717) is 11.3 Å². The zero-order valence-corrected chi connectivity index (χ0v) is 19.8. The van der Waals surface area contributed by atoms with Crippen LogP contribution in [0.5, 0.6) is 0 Å². The molecule has 2 atom stereocenters. The quantitative estimate of drug-likeness (QED) is 0.191. The van der Waals surface area contributed by atoms with Gasteiger partial charge in [0.25, 0.3) is 5.69 Å². The fourth-order valence-electron chi connectivity index (χ4n) is 4.39. The van der Waals surface area contributed by atoms with Crippen LogP contribution in [0.25, 0.3) is 0 Å². The molecule has 3 aromatic rings. The Bertz CT molecular complexity index is 1200. The Labute approximate surface area is 209 Å². The number of nitro groups is 1. The van der Waals surface area contributed by atoms with Crippen LogP contribution in [0.1, 0.15) is 28.5 Å². The topological polar surface area (TPSA) is 46.4 Å². The van der Waals surface area contributed by atoms with E-state index < -0.39 is 28.4 Å². The number of hydrogen-bond acceptors (Lipinski definition) is 3. The average Bonchev–Trinajstić information content (AvgIpc) is 3.25. The molecule has 2 unspecified atom stereocenters. The molecule has 178 valence electrons. The molecule has 34 heavy (non-hydrogen) atoms. The first-order valence-corrected chi connectivity index (χ1v) is 11.5. The molecule has 0 radical (unpaired) electrons. The number of halogens is 6. The lowest BCUT2D eigenvalue weighted by Gasteiger charge is -2.33. The van der Waals surface area contributed by atoms with Gasteiger partial charge in [-0.3, -0.25) is 10.1 Å².